The predicted octanol–water partition coefficient (Wildman–Crippen LogP) is 5.59. The van der Waals surface area contributed by atoms with E-state index in [1.54, 1.807) is 5.57 Å². The van der Waals surface area contributed by atoms with Crippen molar-refractivity contribution in [3.63, 3.8) is 0 Å². The van der Waals surface area contributed by atoms with Crippen LogP contribution in [0.15, 0.2) is 29.8 Å². The van der Waals surface area contributed by atoms with Crippen molar-refractivity contribution in [2.75, 3.05) is 0 Å². The predicted molar refractivity (Wildman–Crippen MR) is 92.8 cm³/mol. The van der Waals surface area contributed by atoms with Crippen molar-refractivity contribution in [2.45, 2.75) is 70.1 Å². The molecule has 0 saturated heterocycles. The number of ketones is 1. The van der Waals surface area contributed by atoms with Crippen LogP contribution in [0.4, 0.5) is 0 Å². The average molecular weight is 306 g/mol. The molecule has 0 aliphatic heterocycles. The van der Waals surface area contributed by atoms with Gasteiger partial charge in [0.25, 0.3) is 0 Å². The topological polar surface area (TPSA) is 17.1 Å². The molecule has 1 spiro atoms. The van der Waals surface area contributed by atoms with Gasteiger partial charge >= 0.3 is 0 Å². The van der Waals surface area contributed by atoms with Gasteiger partial charge in [0.15, 0.2) is 5.78 Å². The van der Waals surface area contributed by atoms with Crippen molar-refractivity contribution in [3.8, 4) is 0 Å². The van der Waals surface area contributed by atoms with Crippen LogP contribution in [0.1, 0.15) is 85.2 Å². The van der Waals surface area contributed by atoms with Gasteiger partial charge in [-0.2, -0.15) is 0 Å². The van der Waals surface area contributed by atoms with E-state index in [1.807, 2.05) is 0 Å². The Balaban J connectivity index is 1.50. The maximum atomic E-state index is 12.8. The molecule has 0 heterocycles. The molecule has 23 heavy (non-hydrogen) atoms. The van der Waals surface area contributed by atoms with Crippen LogP contribution in [0, 0.1) is 11.3 Å². The average Bonchev–Trinajstić information content (AvgIpc) is 3.16. The highest BCUT2D eigenvalue weighted by atomic mass is 16.1. The van der Waals surface area contributed by atoms with Crippen molar-refractivity contribution < 1.29 is 4.79 Å². The number of benzene rings is 1. The van der Waals surface area contributed by atoms with Gasteiger partial charge < -0.3 is 0 Å². The molecule has 0 amide bonds. The summed E-state index contributed by atoms with van der Waals surface area (Å²) >= 11 is 0. The lowest BCUT2D eigenvalue weighted by atomic mass is 9.63. The van der Waals surface area contributed by atoms with Crippen molar-refractivity contribution >= 4 is 5.78 Å². The SMILES string of the molecule is O=C1CC2(CC3=CCC2C3)Cc2cc(C3CCCCC3)ccc21. The maximum absolute atomic E-state index is 12.8. The molecule has 2 fully saturated rings. The molecule has 4 aliphatic carbocycles. The van der Waals surface area contributed by atoms with E-state index in [0.717, 1.165) is 30.2 Å². The normalized spacial score (nSPS) is 33.1. The quantitative estimate of drug-likeness (QED) is 0.618. The number of rotatable bonds is 1. The van der Waals surface area contributed by atoms with E-state index in [9.17, 15) is 4.79 Å². The molecular weight excluding hydrogens is 280 g/mol. The molecule has 2 saturated carbocycles. The number of hydrogen-bond acceptors (Lipinski definition) is 1. The van der Waals surface area contributed by atoms with Crippen molar-refractivity contribution in [1.29, 1.82) is 0 Å². The van der Waals surface area contributed by atoms with Crippen LogP contribution in [-0.2, 0) is 6.42 Å². The van der Waals surface area contributed by atoms with Crippen LogP contribution in [-0.4, -0.2) is 5.78 Å². The van der Waals surface area contributed by atoms with Crippen LogP contribution in [0.5, 0.6) is 0 Å². The minimum absolute atomic E-state index is 0.277. The molecule has 0 aromatic heterocycles. The number of hydrogen-bond donors (Lipinski definition) is 0. The summed E-state index contributed by atoms with van der Waals surface area (Å²) in [6.07, 6.45) is 14.9. The van der Waals surface area contributed by atoms with E-state index >= 15 is 0 Å². The first-order valence-corrected chi connectivity index (χ1v) is 9.57. The molecule has 2 atom stereocenters. The Bertz CT molecular complexity index is 692. The van der Waals surface area contributed by atoms with Crippen molar-refractivity contribution in [2.24, 2.45) is 11.3 Å². The smallest absolute Gasteiger partial charge is 0.163 e. The molecule has 1 aromatic rings. The minimum atomic E-state index is 0.277. The van der Waals surface area contributed by atoms with Crippen LogP contribution < -0.4 is 0 Å². The van der Waals surface area contributed by atoms with Crippen molar-refractivity contribution in [3.05, 3.63) is 46.5 Å². The molecule has 0 radical (unpaired) electrons. The van der Waals surface area contributed by atoms with Crippen LogP contribution >= 0.6 is 0 Å². The highest BCUT2D eigenvalue weighted by molar-refractivity contribution is 5.99. The molecule has 5 rings (SSSR count). The van der Waals surface area contributed by atoms with Gasteiger partial charge in [0.05, 0.1) is 0 Å². The zero-order valence-corrected chi connectivity index (χ0v) is 13.9. The first-order valence-electron chi connectivity index (χ1n) is 9.57. The van der Waals surface area contributed by atoms with E-state index in [4.69, 9.17) is 0 Å². The van der Waals surface area contributed by atoms with Crippen LogP contribution in [0.3, 0.4) is 0 Å². The highest BCUT2D eigenvalue weighted by Crippen LogP contribution is 2.58. The van der Waals surface area contributed by atoms with Crippen LogP contribution in [0.2, 0.25) is 0 Å². The Labute approximate surface area is 139 Å². The molecule has 2 unspecified atom stereocenters. The Hall–Kier alpha value is -1.37. The third kappa shape index (κ3) is 2.16. The summed E-state index contributed by atoms with van der Waals surface area (Å²) in [6.45, 7) is 0. The Morgan fingerprint density at radius 2 is 1.87 bits per heavy atom. The first-order chi connectivity index (χ1) is 11.2. The van der Waals surface area contributed by atoms with E-state index < -0.39 is 0 Å². The lowest BCUT2D eigenvalue weighted by Crippen LogP contribution is -2.36. The Morgan fingerprint density at radius 1 is 1.00 bits per heavy atom. The largest absolute Gasteiger partial charge is 0.294 e. The molecule has 1 heteroatoms. The summed E-state index contributed by atoms with van der Waals surface area (Å²) in [5.41, 5.74) is 5.83. The van der Waals surface area contributed by atoms with E-state index in [-0.39, 0.29) is 5.41 Å². The highest BCUT2D eigenvalue weighted by Gasteiger charge is 2.50. The second-order valence-corrected chi connectivity index (χ2v) is 8.57. The summed E-state index contributed by atoms with van der Waals surface area (Å²) in [4.78, 5) is 12.8. The van der Waals surface area contributed by atoms with Gasteiger partial charge in [-0.1, -0.05) is 49.1 Å². The van der Waals surface area contributed by atoms with E-state index in [0.29, 0.717) is 5.78 Å². The second-order valence-electron chi connectivity index (χ2n) is 8.57. The summed E-state index contributed by atoms with van der Waals surface area (Å²) in [7, 11) is 0. The van der Waals surface area contributed by atoms with Gasteiger partial charge in [-0.05, 0) is 66.9 Å². The van der Waals surface area contributed by atoms with E-state index in [2.05, 4.69) is 24.3 Å². The number of carbonyl (C=O) groups excluding carboxylic acids is 1. The monoisotopic (exact) mass is 306 g/mol. The summed E-state index contributed by atoms with van der Waals surface area (Å²) in [5.74, 6) is 1.90. The standard InChI is InChI=1S/C22H26O/c23-21-14-22(12-15-6-8-19(22)10-15)13-18-11-17(7-9-20(18)21)16-4-2-1-3-5-16/h6-7,9,11,16,19H,1-5,8,10,12-14H2. The molecular formula is C22H26O. The van der Waals surface area contributed by atoms with Gasteiger partial charge in [-0.25, -0.2) is 0 Å². The lowest BCUT2D eigenvalue weighted by molar-refractivity contribution is 0.0823. The first kappa shape index (κ1) is 14.0. The lowest BCUT2D eigenvalue weighted by Gasteiger charge is -2.40. The fraction of sp³-hybridized carbons (Fsp3) is 0.591. The fourth-order valence-electron chi connectivity index (χ4n) is 5.99. The van der Waals surface area contributed by atoms with Gasteiger partial charge in [0, 0.05) is 12.0 Å². The number of carbonyl (C=O) groups is 1. The zero-order chi connectivity index (χ0) is 15.4. The van der Waals surface area contributed by atoms with Crippen LogP contribution in [0.25, 0.3) is 0 Å². The molecule has 2 bridgehead atoms. The molecule has 0 N–H and O–H groups in total. The number of Topliss-reactive ketones (excluding diaryl/α,β-unsaturated/α-hetero) is 1. The number of fused-ring (bicyclic) bond motifs is 4. The summed E-state index contributed by atoms with van der Waals surface area (Å²) in [6, 6.07) is 6.83. The van der Waals surface area contributed by atoms with Gasteiger partial charge in [0.1, 0.15) is 0 Å². The van der Waals surface area contributed by atoms with Gasteiger partial charge in [0.2, 0.25) is 0 Å². The molecule has 4 aliphatic rings. The minimum Gasteiger partial charge on any atom is -0.294 e. The fourth-order valence-corrected chi connectivity index (χ4v) is 5.99. The molecule has 1 nitrogen and oxygen atoms in total. The van der Waals surface area contributed by atoms with Gasteiger partial charge in [-0.3, -0.25) is 4.79 Å². The Morgan fingerprint density at radius 3 is 2.61 bits per heavy atom. The third-order valence-electron chi connectivity index (χ3n) is 7.21. The second kappa shape index (κ2) is 5.06. The zero-order valence-electron chi connectivity index (χ0n) is 13.9. The van der Waals surface area contributed by atoms with Gasteiger partial charge in [-0.15, -0.1) is 0 Å². The molecule has 1 aromatic carbocycles. The summed E-state index contributed by atoms with van der Waals surface area (Å²) < 4.78 is 0. The third-order valence-corrected chi connectivity index (χ3v) is 7.21. The Kier molecular flexibility index (Phi) is 3.08. The molecule has 120 valence electrons. The summed E-state index contributed by atoms with van der Waals surface area (Å²) in [5, 5.41) is 0. The maximum Gasteiger partial charge on any atom is 0.163 e. The van der Waals surface area contributed by atoms with E-state index in [1.165, 1.54) is 62.5 Å². The van der Waals surface area contributed by atoms with Crippen molar-refractivity contribution in [1.82, 2.24) is 0 Å². The number of allylic oxidation sites excluding steroid dienone is 2.